The molecule has 0 bridgehead atoms. The summed E-state index contributed by atoms with van der Waals surface area (Å²) in [5.74, 6) is -1.01. The monoisotopic (exact) mass is 378 g/mol. The van der Waals surface area contributed by atoms with E-state index in [4.69, 9.17) is 11.6 Å². The summed E-state index contributed by atoms with van der Waals surface area (Å²) in [7, 11) is 0.991. The molecule has 25 heavy (non-hydrogen) atoms. The van der Waals surface area contributed by atoms with Crippen LogP contribution < -0.4 is 5.32 Å². The van der Waals surface area contributed by atoms with E-state index in [0.29, 0.717) is 4.68 Å². The first-order chi connectivity index (χ1) is 11.6. The normalized spacial score (nSPS) is 11.4. The highest BCUT2D eigenvalue weighted by Gasteiger charge is 2.39. The fourth-order valence-electron chi connectivity index (χ4n) is 2.20. The first-order valence-corrected chi connectivity index (χ1v) is 7.08. The Morgan fingerprint density at radius 2 is 2.12 bits per heavy atom. The van der Waals surface area contributed by atoms with E-state index in [1.165, 1.54) is 6.08 Å². The summed E-state index contributed by atoms with van der Waals surface area (Å²) in [5.41, 5.74) is -3.00. The first kappa shape index (κ1) is 18.7. The van der Waals surface area contributed by atoms with Gasteiger partial charge < -0.3 is 5.32 Å². The number of hydrogen-bond donors (Lipinski definition) is 1. The molecule has 0 spiro atoms. The third kappa shape index (κ3) is 3.58. The van der Waals surface area contributed by atoms with Crippen LogP contribution in [0.5, 0.6) is 0 Å². The van der Waals surface area contributed by atoms with Crippen molar-refractivity contribution in [3.63, 3.8) is 0 Å². The van der Waals surface area contributed by atoms with Gasteiger partial charge in [-0.05, 0) is 0 Å². The van der Waals surface area contributed by atoms with Gasteiger partial charge in [0.2, 0.25) is 0 Å². The number of halogens is 5. The van der Waals surface area contributed by atoms with Crippen LogP contribution in [0.25, 0.3) is 11.3 Å². The second-order valence-corrected chi connectivity index (χ2v) is 5.29. The fourth-order valence-corrected chi connectivity index (χ4v) is 2.57. The van der Waals surface area contributed by atoms with Crippen molar-refractivity contribution in [2.75, 3.05) is 11.9 Å². The van der Waals surface area contributed by atoms with Crippen LogP contribution in [0, 0.1) is 15.9 Å². The molecule has 6 nitrogen and oxygen atoms in total. The molecule has 1 N–H and O–H groups in total. The Kier molecular flexibility index (Phi) is 5.02. The number of rotatable bonds is 5. The van der Waals surface area contributed by atoms with E-state index in [0.717, 1.165) is 19.2 Å². The second kappa shape index (κ2) is 6.71. The molecule has 2 rings (SSSR count). The van der Waals surface area contributed by atoms with Crippen LogP contribution >= 0.6 is 11.6 Å². The van der Waals surface area contributed by atoms with E-state index in [-0.39, 0.29) is 12.2 Å². The molecule has 0 aliphatic carbocycles. The Labute approximate surface area is 143 Å². The molecule has 2 aromatic rings. The summed E-state index contributed by atoms with van der Waals surface area (Å²) >= 11 is 5.71. The van der Waals surface area contributed by atoms with Crippen LogP contribution in [0.3, 0.4) is 0 Å². The smallest absolute Gasteiger partial charge is 0.376 e. The Hall–Kier alpha value is -2.62. The zero-order chi connectivity index (χ0) is 18.9. The number of aromatic nitrogens is 2. The number of alkyl halides is 3. The van der Waals surface area contributed by atoms with E-state index >= 15 is 0 Å². The van der Waals surface area contributed by atoms with Crippen LogP contribution in [-0.4, -0.2) is 21.2 Å². The highest BCUT2D eigenvalue weighted by molar-refractivity contribution is 6.33. The number of aryl methyl sites for hydroxylation is 1. The summed E-state index contributed by atoms with van der Waals surface area (Å²) in [6, 6.07) is 1.59. The molecule has 0 radical (unpaired) electrons. The summed E-state index contributed by atoms with van der Waals surface area (Å²) in [5, 5.41) is 16.5. The largest absolute Gasteiger partial charge is 0.434 e. The number of anilines is 1. The third-order valence-electron chi connectivity index (χ3n) is 3.23. The molecule has 0 amide bonds. The molecule has 0 saturated carbocycles. The lowest BCUT2D eigenvalue weighted by molar-refractivity contribution is -0.383. The molecular weight excluding hydrogens is 368 g/mol. The maximum absolute atomic E-state index is 14.3. The van der Waals surface area contributed by atoms with Gasteiger partial charge in [-0.15, -0.1) is 6.58 Å². The first-order valence-electron chi connectivity index (χ1n) is 6.70. The number of nitrogens with zero attached hydrogens (tertiary/aromatic N) is 3. The van der Waals surface area contributed by atoms with Crippen molar-refractivity contribution in [3.05, 3.63) is 51.4 Å². The Morgan fingerprint density at radius 1 is 1.48 bits per heavy atom. The molecule has 1 aromatic carbocycles. The van der Waals surface area contributed by atoms with Gasteiger partial charge in [-0.25, -0.2) is 4.39 Å². The average Bonchev–Trinajstić information content (AvgIpc) is 2.79. The lowest BCUT2D eigenvalue weighted by atomic mass is 10.1. The zero-order valence-corrected chi connectivity index (χ0v) is 13.5. The molecule has 0 atom stereocenters. The SMILES string of the molecule is C=CCNc1cc(F)c(-c2nn(C)c(C(F)(F)F)c2Cl)cc1[N+](=O)[O-]. The van der Waals surface area contributed by atoms with Gasteiger partial charge in [0.15, 0.2) is 5.69 Å². The number of nitro groups is 1. The Morgan fingerprint density at radius 3 is 2.60 bits per heavy atom. The highest BCUT2D eigenvalue weighted by atomic mass is 35.5. The topological polar surface area (TPSA) is 73.0 Å². The fraction of sp³-hybridized carbons (Fsp3) is 0.214. The maximum atomic E-state index is 14.3. The molecule has 0 unspecified atom stereocenters. The van der Waals surface area contributed by atoms with Gasteiger partial charge in [-0.2, -0.15) is 18.3 Å². The van der Waals surface area contributed by atoms with Crippen molar-refractivity contribution in [2.24, 2.45) is 7.05 Å². The molecule has 0 aliphatic heterocycles. The van der Waals surface area contributed by atoms with Crippen LogP contribution in [0.4, 0.5) is 28.9 Å². The molecule has 11 heteroatoms. The van der Waals surface area contributed by atoms with Crippen LogP contribution in [0.2, 0.25) is 5.02 Å². The van der Waals surface area contributed by atoms with Gasteiger partial charge in [0.05, 0.1) is 9.95 Å². The number of hydrogen-bond acceptors (Lipinski definition) is 4. The molecule has 1 aromatic heterocycles. The summed E-state index contributed by atoms with van der Waals surface area (Å²) in [4.78, 5) is 10.4. The van der Waals surface area contributed by atoms with E-state index in [1.807, 2.05) is 0 Å². The van der Waals surface area contributed by atoms with Gasteiger partial charge in [0, 0.05) is 31.3 Å². The number of nitrogens with one attached hydrogen (secondary N) is 1. The van der Waals surface area contributed by atoms with Gasteiger partial charge in [0.1, 0.15) is 17.2 Å². The molecular formula is C14H11ClF4N4O2. The summed E-state index contributed by atoms with van der Waals surface area (Å²) in [6.07, 6.45) is -3.41. The van der Waals surface area contributed by atoms with Crippen molar-refractivity contribution < 1.29 is 22.5 Å². The van der Waals surface area contributed by atoms with E-state index in [9.17, 15) is 27.7 Å². The lowest BCUT2D eigenvalue weighted by Gasteiger charge is -2.08. The van der Waals surface area contributed by atoms with E-state index in [1.54, 1.807) is 0 Å². The second-order valence-electron chi connectivity index (χ2n) is 4.91. The minimum Gasteiger partial charge on any atom is -0.376 e. The van der Waals surface area contributed by atoms with E-state index < -0.39 is 44.6 Å². The highest BCUT2D eigenvalue weighted by Crippen LogP contribution is 2.41. The standard InChI is InChI=1S/C14H11ClF4N4O2/c1-3-4-20-9-6-8(16)7(5-10(9)23(24)25)12-11(15)13(14(17,18)19)22(2)21-12/h3,5-6,20H,1,4H2,2H3. The van der Waals surface area contributed by atoms with Crippen molar-refractivity contribution in [2.45, 2.75) is 6.18 Å². The summed E-state index contributed by atoms with van der Waals surface area (Å²) in [6.45, 7) is 3.55. The Bertz CT molecular complexity index is 848. The molecule has 134 valence electrons. The van der Waals surface area contributed by atoms with Crippen molar-refractivity contribution in [1.29, 1.82) is 0 Å². The maximum Gasteiger partial charge on any atom is 0.434 e. The van der Waals surface area contributed by atoms with Gasteiger partial charge >= 0.3 is 6.18 Å². The number of benzene rings is 1. The third-order valence-corrected chi connectivity index (χ3v) is 3.59. The van der Waals surface area contributed by atoms with E-state index in [2.05, 4.69) is 17.0 Å². The Balaban J connectivity index is 2.67. The zero-order valence-electron chi connectivity index (χ0n) is 12.7. The van der Waals surface area contributed by atoms with Crippen molar-refractivity contribution in [1.82, 2.24) is 9.78 Å². The van der Waals surface area contributed by atoms with Crippen molar-refractivity contribution in [3.8, 4) is 11.3 Å². The van der Waals surface area contributed by atoms with Crippen LogP contribution in [0.1, 0.15) is 5.69 Å². The predicted octanol–water partition coefficient (Wildman–Crippen LogP) is 4.40. The van der Waals surface area contributed by atoms with Gasteiger partial charge in [0.25, 0.3) is 5.69 Å². The minimum atomic E-state index is -4.81. The predicted molar refractivity (Wildman–Crippen MR) is 84.0 cm³/mol. The minimum absolute atomic E-state index is 0.127. The molecule has 0 fully saturated rings. The average molecular weight is 379 g/mol. The van der Waals surface area contributed by atoms with Crippen LogP contribution in [-0.2, 0) is 13.2 Å². The van der Waals surface area contributed by atoms with Gasteiger partial charge in [-0.1, -0.05) is 17.7 Å². The quantitative estimate of drug-likeness (QED) is 0.362. The lowest BCUT2D eigenvalue weighted by Crippen LogP contribution is -2.12. The van der Waals surface area contributed by atoms with Crippen molar-refractivity contribution >= 4 is 23.0 Å². The summed E-state index contributed by atoms with van der Waals surface area (Å²) < 4.78 is 53.7. The number of nitro benzene ring substituents is 1. The molecule has 0 aliphatic rings. The molecule has 0 saturated heterocycles. The van der Waals surface area contributed by atoms with Gasteiger partial charge in [-0.3, -0.25) is 14.8 Å². The van der Waals surface area contributed by atoms with Crippen LogP contribution in [0.15, 0.2) is 24.8 Å². The molecule has 1 heterocycles.